The fourth-order valence-corrected chi connectivity index (χ4v) is 4.18. The lowest BCUT2D eigenvalue weighted by atomic mass is 10.0. The molecule has 4 rings (SSSR count). The lowest BCUT2D eigenvalue weighted by Gasteiger charge is -2.17. The van der Waals surface area contributed by atoms with Crippen LogP contribution in [0.1, 0.15) is 37.4 Å². The van der Waals surface area contributed by atoms with Crippen LogP contribution in [0.15, 0.2) is 77.5 Å². The minimum atomic E-state index is -4.59. The fraction of sp³-hybridized carbons (Fsp3) is 0.286. The van der Waals surface area contributed by atoms with Crippen LogP contribution in [0.4, 0.5) is 13.2 Å². The molecule has 4 aromatic rings. The molecule has 1 atom stereocenters. The number of alkyl halides is 3. The van der Waals surface area contributed by atoms with Gasteiger partial charge in [-0.25, -0.2) is 4.98 Å². The van der Waals surface area contributed by atoms with Crippen molar-refractivity contribution in [3.63, 3.8) is 0 Å². The van der Waals surface area contributed by atoms with Crippen LogP contribution in [0.25, 0.3) is 22.7 Å². The Hall–Kier alpha value is -4.01. The van der Waals surface area contributed by atoms with Crippen molar-refractivity contribution in [3.05, 3.63) is 84.4 Å². The molecule has 0 aliphatic heterocycles. The molecule has 0 saturated carbocycles. The van der Waals surface area contributed by atoms with Gasteiger partial charge in [0.1, 0.15) is 23.0 Å². The van der Waals surface area contributed by atoms with E-state index in [1.807, 2.05) is 13.0 Å². The highest BCUT2D eigenvalue weighted by atomic mass is 19.4. The summed E-state index contributed by atoms with van der Waals surface area (Å²) >= 11 is 0. The molecule has 0 saturated heterocycles. The number of imidazole rings is 1. The Morgan fingerprint density at radius 3 is 2.49 bits per heavy atom. The second-order valence-electron chi connectivity index (χ2n) is 8.91. The largest absolute Gasteiger partial charge is 0.493 e. The zero-order chi connectivity index (χ0) is 26.4. The maximum atomic E-state index is 13.9. The van der Waals surface area contributed by atoms with Crippen molar-refractivity contribution in [2.75, 3.05) is 6.61 Å². The number of para-hydroxylation sites is 1. The highest BCUT2D eigenvalue weighted by Gasteiger charge is 2.36. The van der Waals surface area contributed by atoms with Crippen LogP contribution < -0.4 is 4.74 Å². The first-order valence-electron chi connectivity index (χ1n) is 11.9. The van der Waals surface area contributed by atoms with Crippen molar-refractivity contribution in [1.29, 1.82) is 0 Å². The van der Waals surface area contributed by atoms with E-state index in [1.54, 1.807) is 60.9 Å². The molecular weight excluding hydrogens is 485 g/mol. The topological polar surface area (TPSA) is 77.5 Å². The summed E-state index contributed by atoms with van der Waals surface area (Å²) in [6, 6.07) is 17.5. The van der Waals surface area contributed by atoms with E-state index < -0.39 is 17.8 Å². The van der Waals surface area contributed by atoms with Gasteiger partial charge in [0.15, 0.2) is 0 Å². The number of rotatable bonds is 11. The van der Waals surface area contributed by atoms with Crippen molar-refractivity contribution >= 4 is 5.97 Å². The van der Waals surface area contributed by atoms with Crippen LogP contribution in [0, 0.1) is 5.92 Å². The van der Waals surface area contributed by atoms with Gasteiger partial charge in [0.2, 0.25) is 0 Å². The maximum Gasteiger partial charge on any atom is 0.433 e. The number of carboxylic acids is 1. The zero-order valence-electron chi connectivity index (χ0n) is 20.2. The van der Waals surface area contributed by atoms with Crippen molar-refractivity contribution in [2.45, 2.75) is 38.9 Å². The number of nitrogens with zero attached hydrogens (tertiary/aromatic N) is 2. The molecule has 0 unspecified atom stereocenters. The lowest BCUT2D eigenvalue weighted by Crippen LogP contribution is -2.15. The van der Waals surface area contributed by atoms with E-state index in [0.717, 1.165) is 16.3 Å². The minimum absolute atomic E-state index is 0.0124. The van der Waals surface area contributed by atoms with Crippen LogP contribution in [0.2, 0.25) is 0 Å². The van der Waals surface area contributed by atoms with Gasteiger partial charge in [-0.15, -0.1) is 0 Å². The molecule has 1 N–H and O–H groups in total. The predicted octanol–water partition coefficient (Wildman–Crippen LogP) is 7.15. The molecule has 0 amide bonds. The molecule has 0 radical (unpaired) electrons. The normalized spacial score (nSPS) is 12.4. The quantitative estimate of drug-likeness (QED) is 0.216. The van der Waals surface area contributed by atoms with E-state index in [4.69, 9.17) is 14.3 Å². The summed E-state index contributed by atoms with van der Waals surface area (Å²) in [6.07, 6.45) is -0.787. The Bertz CT molecular complexity index is 1310. The van der Waals surface area contributed by atoms with E-state index in [9.17, 15) is 18.0 Å². The summed E-state index contributed by atoms with van der Waals surface area (Å²) in [5.41, 5.74) is 1.07. The average molecular weight is 513 g/mol. The van der Waals surface area contributed by atoms with Crippen molar-refractivity contribution in [1.82, 2.24) is 9.55 Å². The first-order chi connectivity index (χ1) is 17.7. The molecule has 9 heteroatoms. The van der Waals surface area contributed by atoms with Crippen LogP contribution in [-0.4, -0.2) is 27.2 Å². The molecule has 0 fully saturated rings. The summed E-state index contributed by atoms with van der Waals surface area (Å²) in [7, 11) is 0. The van der Waals surface area contributed by atoms with Crippen LogP contribution in [-0.2, 0) is 17.5 Å². The molecule has 0 spiro atoms. The van der Waals surface area contributed by atoms with E-state index >= 15 is 0 Å². The Labute approximate surface area is 212 Å². The maximum absolute atomic E-state index is 13.9. The highest BCUT2D eigenvalue weighted by Crippen LogP contribution is 2.35. The number of carboxylic acid groups (broad SMARTS) is 1. The van der Waals surface area contributed by atoms with Crippen LogP contribution in [0.5, 0.6) is 5.75 Å². The summed E-state index contributed by atoms with van der Waals surface area (Å²) in [4.78, 5) is 15.0. The Balaban J connectivity index is 1.56. The summed E-state index contributed by atoms with van der Waals surface area (Å²) in [6.45, 7) is 2.11. The van der Waals surface area contributed by atoms with Gasteiger partial charge in [-0.05, 0) is 37.0 Å². The molecular formula is C28H27F3N2O4. The summed E-state index contributed by atoms with van der Waals surface area (Å²) in [5, 5.41) is 8.90. The number of furan rings is 1. The van der Waals surface area contributed by atoms with Gasteiger partial charge < -0.3 is 18.8 Å². The third-order valence-electron chi connectivity index (χ3n) is 6.02. The smallest absolute Gasteiger partial charge is 0.433 e. The molecule has 0 bridgehead atoms. The first-order valence-corrected chi connectivity index (χ1v) is 11.9. The predicted molar refractivity (Wildman–Crippen MR) is 132 cm³/mol. The second kappa shape index (κ2) is 11.4. The van der Waals surface area contributed by atoms with E-state index in [-0.39, 0.29) is 24.7 Å². The van der Waals surface area contributed by atoms with Crippen LogP contribution >= 0.6 is 0 Å². The van der Waals surface area contributed by atoms with Gasteiger partial charge in [0, 0.05) is 23.1 Å². The third kappa shape index (κ3) is 6.61. The monoisotopic (exact) mass is 512 g/mol. The van der Waals surface area contributed by atoms with E-state index in [0.29, 0.717) is 42.1 Å². The number of hydrogen-bond donors (Lipinski definition) is 1. The standard InChI is InChI=1S/C28H27F3N2O4/c1-19(16-26(34)35)6-4-14-37-24-8-3-2-7-22(24)18-33-25(28(29,30)31)17-32-27(33)21-12-10-20(11-13-21)23-9-5-15-36-23/h2-3,5,7-13,15,17,19H,4,6,14,16,18H2,1H3,(H,34,35)/t19-/m1/s1. The third-order valence-corrected chi connectivity index (χ3v) is 6.02. The van der Waals surface area contributed by atoms with Gasteiger partial charge >= 0.3 is 12.1 Å². The lowest BCUT2D eigenvalue weighted by molar-refractivity contribution is -0.143. The molecule has 2 aromatic carbocycles. The molecule has 0 aliphatic rings. The molecule has 2 heterocycles. The SMILES string of the molecule is C[C@H](CCCOc1ccccc1Cn1c(C(F)(F)F)cnc1-c1ccc(-c2ccco2)cc1)CC(=O)O. The van der Waals surface area contributed by atoms with Gasteiger partial charge in [-0.1, -0.05) is 49.4 Å². The van der Waals surface area contributed by atoms with Gasteiger partial charge in [-0.3, -0.25) is 4.79 Å². The van der Waals surface area contributed by atoms with Gasteiger partial charge in [0.25, 0.3) is 0 Å². The summed E-state index contributed by atoms with van der Waals surface area (Å²) in [5.74, 6) is 0.503. The Kier molecular flexibility index (Phi) is 8.01. The Morgan fingerprint density at radius 2 is 1.81 bits per heavy atom. The molecule has 2 aromatic heterocycles. The number of halogens is 3. The average Bonchev–Trinajstić information content (AvgIpc) is 3.53. The second-order valence-corrected chi connectivity index (χ2v) is 8.91. The van der Waals surface area contributed by atoms with Crippen LogP contribution in [0.3, 0.4) is 0 Å². The van der Waals surface area contributed by atoms with E-state index in [1.165, 1.54) is 0 Å². The number of ether oxygens (including phenoxy) is 1. The number of carbonyl (C=O) groups is 1. The first kappa shape index (κ1) is 26.1. The minimum Gasteiger partial charge on any atom is -0.493 e. The van der Waals surface area contributed by atoms with Crippen molar-refractivity contribution in [3.8, 4) is 28.5 Å². The number of aliphatic carboxylic acids is 1. The number of benzene rings is 2. The summed E-state index contributed by atoms with van der Waals surface area (Å²) < 4.78 is 54.1. The number of aromatic nitrogens is 2. The van der Waals surface area contributed by atoms with Crippen molar-refractivity contribution < 1.29 is 32.2 Å². The molecule has 37 heavy (non-hydrogen) atoms. The zero-order valence-corrected chi connectivity index (χ0v) is 20.2. The van der Waals surface area contributed by atoms with Crippen molar-refractivity contribution in [2.24, 2.45) is 5.92 Å². The molecule has 194 valence electrons. The Morgan fingerprint density at radius 1 is 1.08 bits per heavy atom. The van der Waals surface area contributed by atoms with Gasteiger partial charge in [-0.2, -0.15) is 13.2 Å². The number of hydrogen-bond acceptors (Lipinski definition) is 4. The molecule has 0 aliphatic carbocycles. The fourth-order valence-electron chi connectivity index (χ4n) is 4.18. The highest BCUT2D eigenvalue weighted by molar-refractivity contribution is 5.67. The van der Waals surface area contributed by atoms with E-state index in [2.05, 4.69) is 4.98 Å². The molecule has 6 nitrogen and oxygen atoms in total. The van der Waals surface area contributed by atoms with Gasteiger partial charge in [0.05, 0.1) is 25.6 Å².